The average Bonchev–Trinajstić information content (AvgIpc) is 2.39. The van der Waals surface area contributed by atoms with Gasteiger partial charge >= 0.3 is 17.7 Å². The second kappa shape index (κ2) is 5.49. The number of aromatic carboxylic acids is 1. The predicted octanol–water partition coefficient (Wildman–Crippen LogP) is 2.53. The van der Waals surface area contributed by atoms with Gasteiger partial charge in [0.05, 0.1) is 10.5 Å². The molecule has 1 N–H and O–H groups in total. The zero-order valence-electron chi connectivity index (χ0n) is 9.69. The van der Waals surface area contributed by atoms with Crippen LogP contribution < -0.4 is 4.74 Å². The van der Waals surface area contributed by atoms with Gasteiger partial charge in [-0.1, -0.05) is 11.6 Å². The second-order valence-corrected chi connectivity index (χ2v) is 3.97. The molecule has 0 aliphatic heterocycles. The summed E-state index contributed by atoms with van der Waals surface area (Å²) < 4.78 is 5.15. The van der Waals surface area contributed by atoms with Gasteiger partial charge in [-0.3, -0.25) is 10.1 Å². The van der Waals surface area contributed by atoms with Crippen molar-refractivity contribution in [1.82, 2.24) is 9.97 Å². The van der Waals surface area contributed by atoms with E-state index in [4.69, 9.17) is 21.4 Å². The molecule has 0 bridgehead atoms. The lowest BCUT2D eigenvalue weighted by molar-refractivity contribution is -0.385. The highest BCUT2D eigenvalue weighted by Crippen LogP contribution is 2.32. The first-order valence-corrected chi connectivity index (χ1v) is 5.52. The third-order valence-electron chi connectivity index (χ3n) is 2.19. The van der Waals surface area contributed by atoms with Crippen LogP contribution in [0.25, 0.3) is 0 Å². The van der Waals surface area contributed by atoms with E-state index in [2.05, 4.69) is 9.97 Å². The molecule has 102 valence electrons. The summed E-state index contributed by atoms with van der Waals surface area (Å²) in [5, 5.41) is 19.8. The van der Waals surface area contributed by atoms with Crippen LogP contribution >= 0.6 is 11.6 Å². The summed E-state index contributed by atoms with van der Waals surface area (Å²) in [6.45, 7) is 0. The lowest BCUT2D eigenvalue weighted by Gasteiger charge is -2.04. The summed E-state index contributed by atoms with van der Waals surface area (Å²) in [5.74, 6) is -1.32. The Balaban J connectivity index is 2.31. The van der Waals surface area contributed by atoms with Crippen LogP contribution in [0, 0.1) is 10.1 Å². The summed E-state index contributed by atoms with van der Waals surface area (Å²) in [6.07, 6.45) is 2.06. The topological polar surface area (TPSA) is 115 Å². The number of hydrogen-bond donors (Lipinski definition) is 1. The van der Waals surface area contributed by atoms with Crippen LogP contribution in [0.4, 0.5) is 5.69 Å². The third-order valence-corrected chi connectivity index (χ3v) is 2.43. The van der Waals surface area contributed by atoms with E-state index in [1.165, 1.54) is 18.2 Å². The molecule has 2 aromatic rings. The van der Waals surface area contributed by atoms with E-state index in [0.717, 1.165) is 12.4 Å². The number of benzene rings is 1. The maximum absolute atomic E-state index is 10.8. The third kappa shape index (κ3) is 2.98. The van der Waals surface area contributed by atoms with Crippen LogP contribution in [0.1, 0.15) is 10.4 Å². The average molecular weight is 296 g/mol. The molecule has 0 spiro atoms. The van der Waals surface area contributed by atoms with Crippen molar-refractivity contribution < 1.29 is 19.6 Å². The van der Waals surface area contributed by atoms with Crippen molar-refractivity contribution in [3.8, 4) is 11.8 Å². The number of halogens is 1. The summed E-state index contributed by atoms with van der Waals surface area (Å²) in [7, 11) is 0. The maximum atomic E-state index is 10.8. The predicted molar refractivity (Wildman–Crippen MR) is 67.2 cm³/mol. The Morgan fingerprint density at radius 1 is 1.35 bits per heavy atom. The number of aromatic nitrogens is 2. The molecule has 9 heteroatoms. The van der Waals surface area contributed by atoms with Crippen molar-refractivity contribution in [2.24, 2.45) is 0 Å². The van der Waals surface area contributed by atoms with Crippen molar-refractivity contribution in [2.75, 3.05) is 0 Å². The van der Waals surface area contributed by atoms with Crippen LogP contribution in [0.5, 0.6) is 11.8 Å². The number of hydrogen-bond acceptors (Lipinski definition) is 6. The van der Waals surface area contributed by atoms with Crippen molar-refractivity contribution in [3.63, 3.8) is 0 Å². The zero-order chi connectivity index (χ0) is 14.7. The molecule has 0 saturated carbocycles. The molecular weight excluding hydrogens is 290 g/mol. The first-order valence-electron chi connectivity index (χ1n) is 5.14. The van der Waals surface area contributed by atoms with Crippen LogP contribution in [0.15, 0.2) is 30.6 Å². The Morgan fingerprint density at radius 2 is 2.00 bits per heavy atom. The number of carbonyl (C=O) groups is 1. The Morgan fingerprint density at radius 3 is 2.55 bits per heavy atom. The minimum absolute atomic E-state index is 0.127. The molecule has 0 unspecified atom stereocenters. The fourth-order valence-corrected chi connectivity index (χ4v) is 1.46. The van der Waals surface area contributed by atoms with Crippen LogP contribution in [-0.4, -0.2) is 26.0 Å². The monoisotopic (exact) mass is 295 g/mol. The van der Waals surface area contributed by atoms with E-state index < -0.39 is 10.9 Å². The molecule has 0 saturated heterocycles. The SMILES string of the molecule is O=C(O)c1cnc(Oc2cc(Cl)ccc2[N+](=O)[O-])nc1. The van der Waals surface area contributed by atoms with Gasteiger partial charge in [0.15, 0.2) is 0 Å². The molecule has 0 radical (unpaired) electrons. The van der Waals surface area contributed by atoms with Gasteiger partial charge in [0.2, 0.25) is 5.75 Å². The van der Waals surface area contributed by atoms with Crippen molar-refractivity contribution in [3.05, 3.63) is 51.3 Å². The molecule has 0 amide bonds. The highest BCUT2D eigenvalue weighted by molar-refractivity contribution is 6.30. The Labute approximate surface area is 116 Å². The molecular formula is C11H6ClN3O5. The van der Waals surface area contributed by atoms with Gasteiger partial charge in [-0.25, -0.2) is 14.8 Å². The van der Waals surface area contributed by atoms with Gasteiger partial charge in [0.1, 0.15) is 0 Å². The van der Waals surface area contributed by atoms with Gasteiger partial charge in [0.25, 0.3) is 0 Å². The summed E-state index contributed by atoms with van der Waals surface area (Å²) >= 11 is 5.73. The van der Waals surface area contributed by atoms with E-state index in [0.29, 0.717) is 0 Å². The summed E-state index contributed by atoms with van der Waals surface area (Å²) in [5.41, 5.74) is -0.432. The number of ether oxygens (including phenoxy) is 1. The quantitative estimate of drug-likeness (QED) is 0.680. The highest BCUT2D eigenvalue weighted by Gasteiger charge is 2.17. The van der Waals surface area contributed by atoms with Gasteiger partial charge < -0.3 is 9.84 Å². The van der Waals surface area contributed by atoms with Gasteiger partial charge in [0, 0.05) is 29.5 Å². The summed E-state index contributed by atoms with van der Waals surface area (Å²) in [4.78, 5) is 28.1. The van der Waals surface area contributed by atoms with Crippen molar-refractivity contribution in [1.29, 1.82) is 0 Å². The van der Waals surface area contributed by atoms with Crippen molar-refractivity contribution in [2.45, 2.75) is 0 Å². The van der Waals surface area contributed by atoms with Gasteiger partial charge in [-0.05, 0) is 6.07 Å². The van der Waals surface area contributed by atoms with Gasteiger partial charge in [-0.2, -0.15) is 0 Å². The first kappa shape index (κ1) is 13.7. The smallest absolute Gasteiger partial charge is 0.338 e. The maximum Gasteiger partial charge on any atom is 0.338 e. The number of rotatable bonds is 4. The molecule has 1 heterocycles. The standard InChI is InChI=1S/C11H6ClN3O5/c12-7-1-2-8(15(18)19)9(3-7)20-11-13-4-6(5-14-11)10(16)17/h1-5H,(H,16,17). The highest BCUT2D eigenvalue weighted by atomic mass is 35.5. The number of nitrogens with zero attached hydrogens (tertiary/aromatic N) is 3. The van der Waals surface area contributed by atoms with E-state index in [1.54, 1.807) is 0 Å². The lowest BCUT2D eigenvalue weighted by atomic mass is 10.3. The number of nitro groups is 1. The minimum Gasteiger partial charge on any atom is -0.478 e. The first-order chi connectivity index (χ1) is 9.47. The normalized spacial score (nSPS) is 10.1. The van der Waals surface area contributed by atoms with E-state index in [-0.39, 0.29) is 28.0 Å². The minimum atomic E-state index is -1.19. The Hall–Kier alpha value is -2.74. The van der Waals surface area contributed by atoms with E-state index >= 15 is 0 Å². The Kier molecular flexibility index (Phi) is 3.76. The van der Waals surface area contributed by atoms with Gasteiger partial charge in [-0.15, -0.1) is 0 Å². The lowest BCUT2D eigenvalue weighted by Crippen LogP contribution is -2.00. The second-order valence-electron chi connectivity index (χ2n) is 3.53. The molecule has 0 aliphatic carbocycles. The zero-order valence-corrected chi connectivity index (χ0v) is 10.4. The molecule has 0 atom stereocenters. The van der Waals surface area contributed by atoms with Crippen molar-refractivity contribution >= 4 is 23.3 Å². The van der Waals surface area contributed by atoms with Crippen LogP contribution in [0.2, 0.25) is 5.02 Å². The number of nitro benzene ring substituents is 1. The Bertz CT molecular complexity index is 674. The van der Waals surface area contributed by atoms with Crippen LogP contribution in [0.3, 0.4) is 0 Å². The molecule has 8 nitrogen and oxygen atoms in total. The molecule has 20 heavy (non-hydrogen) atoms. The molecule has 2 rings (SSSR count). The van der Waals surface area contributed by atoms with E-state index in [1.807, 2.05) is 0 Å². The van der Waals surface area contributed by atoms with E-state index in [9.17, 15) is 14.9 Å². The van der Waals surface area contributed by atoms with Crippen LogP contribution in [-0.2, 0) is 0 Å². The molecule has 0 fully saturated rings. The largest absolute Gasteiger partial charge is 0.478 e. The fraction of sp³-hybridized carbons (Fsp3) is 0. The number of carboxylic acids is 1. The molecule has 1 aromatic heterocycles. The molecule has 1 aromatic carbocycles. The fourth-order valence-electron chi connectivity index (χ4n) is 1.30. The summed E-state index contributed by atoms with van der Waals surface area (Å²) in [6, 6.07) is 3.55. The number of carboxylic acid groups (broad SMARTS) is 1. The molecule has 0 aliphatic rings.